The first-order valence-corrected chi connectivity index (χ1v) is 9.62. The fraction of sp³-hybridized carbons (Fsp3) is 0.304. The van der Waals surface area contributed by atoms with Crippen LogP contribution >= 0.6 is 0 Å². The van der Waals surface area contributed by atoms with Crippen molar-refractivity contribution in [2.45, 2.75) is 26.2 Å². The minimum atomic E-state index is 0.593. The molecule has 0 aliphatic carbocycles. The molecule has 0 radical (unpaired) electrons. The summed E-state index contributed by atoms with van der Waals surface area (Å²) >= 11 is 0. The Hall–Kier alpha value is -2.88. The van der Waals surface area contributed by atoms with E-state index >= 15 is 0 Å². The van der Waals surface area contributed by atoms with E-state index in [0.717, 1.165) is 30.6 Å². The fourth-order valence-corrected chi connectivity index (χ4v) is 3.60. The molecule has 138 valence electrons. The van der Waals surface area contributed by atoms with Crippen LogP contribution in [0, 0.1) is 12.8 Å². The van der Waals surface area contributed by atoms with E-state index in [4.69, 9.17) is 4.74 Å². The standard InChI is InChI=1S/C23H25N3O/c1-18-7-9-21(10-8-18)27-23-16-22(24-17-25-23)26-13-11-20(12-14-26)15-19-5-3-2-4-6-19/h2-10,16-17,20H,11-15H2,1H3. The molecule has 4 heteroatoms. The zero-order chi connectivity index (χ0) is 18.5. The van der Waals surface area contributed by atoms with Crippen LogP contribution in [0.1, 0.15) is 24.0 Å². The molecule has 0 atom stereocenters. The van der Waals surface area contributed by atoms with E-state index in [1.165, 1.54) is 30.4 Å². The van der Waals surface area contributed by atoms with Gasteiger partial charge in [-0.05, 0) is 49.8 Å². The molecule has 27 heavy (non-hydrogen) atoms. The lowest BCUT2D eigenvalue weighted by molar-refractivity contribution is 0.401. The van der Waals surface area contributed by atoms with Crippen LogP contribution < -0.4 is 9.64 Å². The van der Waals surface area contributed by atoms with Gasteiger partial charge in [-0.15, -0.1) is 0 Å². The van der Waals surface area contributed by atoms with Gasteiger partial charge < -0.3 is 9.64 Å². The SMILES string of the molecule is Cc1ccc(Oc2cc(N3CCC(Cc4ccccc4)CC3)ncn2)cc1. The summed E-state index contributed by atoms with van der Waals surface area (Å²) in [4.78, 5) is 11.1. The summed E-state index contributed by atoms with van der Waals surface area (Å²) in [5.41, 5.74) is 2.65. The number of rotatable bonds is 5. The molecular formula is C23H25N3O. The zero-order valence-electron chi connectivity index (χ0n) is 15.7. The molecule has 4 nitrogen and oxygen atoms in total. The summed E-state index contributed by atoms with van der Waals surface area (Å²) in [7, 11) is 0. The summed E-state index contributed by atoms with van der Waals surface area (Å²) in [6, 6.07) is 20.7. The highest BCUT2D eigenvalue weighted by atomic mass is 16.5. The van der Waals surface area contributed by atoms with E-state index in [1.54, 1.807) is 6.33 Å². The van der Waals surface area contributed by atoms with Crippen molar-refractivity contribution in [3.8, 4) is 11.6 Å². The van der Waals surface area contributed by atoms with Gasteiger partial charge in [-0.1, -0.05) is 48.0 Å². The molecule has 1 aromatic heterocycles. The van der Waals surface area contributed by atoms with Crippen molar-refractivity contribution in [1.29, 1.82) is 0 Å². The van der Waals surface area contributed by atoms with Gasteiger partial charge in [0.2, 0.25) is 5.88 Å². The summed E-state index contributed by atoms with van der Waals surface area (Å²) < 4.78 is 5.89. The van der Waals surface area contributed by atoms with Crippen LogP contribution in [0.2, 0.25) is 0 Å². The molecule has 3 aromatic rings. The number of aromatic nitrogens is 2. The molecule has 0 unspecified atom stereocenters. The Bertz CT molecular complexity index is 856. The average molecular weight is 359 g/mol. The topological polar surface area (TPSA) is 38.2 Å². The third-order valence-corrected chi connectivity index (χ3v) is 5.18. The van der Waals surface area contributed by atoms with Crippen LogP contribution in [0.3, 0.4) is 0 Å². The summed E-state index contributed by atoms with van der Waals surface area (Å²) in [5.74, 6) is 3.08. The second-order valence-electron chi connectivity index (χ2n) is 7.25. The predicted molar refractivity (Wildman–Crippen MR) is 108 cm³/mol. The van der Waals surface area contributed by atoms with Crippen molar-refractivity contribution in [2.24, 2.45) is 5.92 Å². The quantitative estimate of drug-likeness (QED) is 0.640. The largest absolute Gasteiger partial charge is 0.439 e. The maximum absolute atomic E-state index is 5.89. The minimum absolute atomic E-state index is 0.593. The van der Waals surface area contributed by atoms with Gasteiger partial charge in [-0.3, -0.25) is 0 Å². The fourth-order valence-electron chi connectivity index (χ4n) is 3.60. The average Bonchev–Trinajstić information content (AvgIpc) is 2.71. The minimum Gasteiger partial charge on any atom is -0.439 e. The molecule has 0 amide bonds. The van der Waals surface area contributed by atoms with Crippen molar-refractivity contribution < 1.29 is 4.74 Å². The van der Waals surface area contributed by atoms with Crippen molar-refractivity contribution >= 4 is 5.82 Å². The third kappa shape index (κ3) is 4.64. The predicted octanol–water partition coefficient (Wildman–Crippen LogP) is 5.04. The molecule has 1 aliphatic rings. The smallest absolute Gasteiger partial charge is 0.224 e. The number of ether oxygens (including phenoxy) is 1. The van der Waals surface area contributed by atoms with E-state index in [2.05, 4.69) is 52.1 Å². The second kappa shape index (κ2) is 8.21. The van der Waals surface area contributed by atoms with Crippen LogP contribution in [0.4, 0.5) is 5.82 Å². The zero-order valence-corrected chi connectivity index (χ0v) is 15.7. The van der Waals surface area contributed by atoms with Gasteiger partial charge >= 0.3 is 0 Å². The number of hydrogen-bond donors (Lipinski definition) is 0. The molecule has 0 bridgehead atoms. The van der Waals surface area contributed by atoms with Gasteiger partial charge in [0, 0.05) is 19.2 Å². The van der Waals surface area contributed by atoms with Crippen LogP contribution in [-0.2, 0) is 6.42 Å². The van der Waals surface area contributed by atoms with Crippen molar-refractivity contribution in [3.05, 3.63) is 78.1 Å². The first-order valence-electron chi connectivity index (χ1n) is 9.62. The van der Waals surface area contributed by atoms with E-state index in [1.807, 2.05) is 30.3 Å². The highest BCUT2D eigenvalue weighted by molar-refractivity contribution is 5.42. The molecule has 0 saturated carbocycles. The summed E-state index contributed by atoms with van der Waals surface area (Å²) in [6.07, 6.45) is 5.13. The molecular weight excluding hydrogens is 334 g/mol. The van der Waals surface area contributed by atoms with E-state index in [0.29, 0.717) is 5.88 Å². The Morgan fingerprint density at radius 3 is 2.44 bits per heavy atom. The van der Waals surface area contributed by atoms with Crippen LogP contribution in [0.5, 0.6) is 11.6 Å². The van der Waals surface area contributed by atoms with Gasteiger partial charge in [0.25, 0.3) is 0 Å². The Labute approximate surface area is 160 Å². The maximum Gasteiger partial charge on any atom is 0.224 e. The molecule has 2 heterocycles. The highest BCUT2D eigenvalue weighted by Gasteiger charge is 2.21. The lowest BCUT2D eigenvalue weighted by Crippen LogP contribution is -2.34. The first kappa shape index (κ1) is 17.5. The van der Waals surface area contributed by atoms with Crippen LogP contribution in [-0.4, -0.2) is 23.1 Å². The first-order chi connectivity index (χ1) is 13.3. The van der Waals surface area contributed by atoms with Crippen LogP contribution in [0.15, 0.2) is 67.0 Å². The van der Waals surface area contributed by atoms with Gasteiger partial charge in [-0.25, -0.2) is 9.97 Å². The molecule has 0 spiro atoms. The second-order valence-corrected chi connectivity index (χ2v) is 7.25. The Balaban J connectivity index is 1.36. The van der Waals surface area contributed by atoms with E-state index in [-0.39, 0.29) is 0 Å². The molecule has 0 N–H and O–H groups in total. The maximum atomic E-state index is 5.89. The van der Waals surface area contributed by atoms with E-state index in [9.17, 15) is 0 Å². The lowest BCUT2D eigenvalue weighted by atomic mass is 9.90. The lowest BCUT2D eigenvalue weighted by Gasteiger charge is -2.32. The number of hydrogen-bond acceptors (Lipinski definition) is 4. The summed E-state index contributed by atoms with van der Waals surface area (Å²) in [6.45, 7) is 4.12. The summed E-state index contributed by atoms with van der Waals surface area (Å²) in [5, 5.41) is 0. The van der Waals surface area contributed by atoms with Gasteiger partial charge in [0.1, 0.15) is 17.9 Å². The number of piperidine rings is 1. The number of anilines is 1. The van der Waals surface area contributed by atoms with Crippen LogP contribution in [0.25, 0.3) is 0 Å². The normalized spacial score (nSPS) is 14.9. The molecule has 2 aromatic carbocycles. The monoisotopic (exact) mass is 359 g/mol. The van der Waals surface area contributed by atoms with Gasteiger partial charge in [-0.2, -0.15) is 0 Å². The van der Waals surface area contributed by atoms with Crippen molar-refractivity contribution in [3.63, 3.8) is 0 Å². The molecule has 1 saturated heterocycles. The van der Waals surface area contributed by atoms with Gasteiger partial charge in [0.15, 0.2) is 0 Å². The molecule has 1 fully saturated rings. The number of aryl methyl sites for hydroxylation is 1. The molecule has 1 aliphatic heterocycles. The highest BCUT2D eigenvalue weighted by Crippen LogP contribution is 2.27. The number of benzene rings is 2. The van der Waals surface area contributed by atoms with Crippen molar-refractivity contribution in [1.82, 2.24) is 9.97 Å². The Kier molecular flexibility index (Phi) is 5.33. The van der Waals surface area contributed by atoms with E-state index < -0.39 is 0 Å². The third-order valence-electron chi connectivity index (χ3n) is 5.18. The van der Waals surface area contributed by atoms with Crippen molar-refractivity contribution in [2.75, 3.05) is 18.0 Å². The number of nitrogens with zero attached hydrogens (tertiary/aromatic N) is 3. The van der Waals surface area contributed by atoms with Gasteiger partial charge in [0.05, 0.1) is 0 Å². The Morgan fingerprint density at radius 1 is 0.963 bits per heavy atom. The Morgan fingerprint density at radius 2 is 1.70 bits per heavy atom. The molecule has 4 rings (SSSR count).